The van der Waals surface area contributed by atoms with Crippen LogP contribution in [0.15, 0.2) is 42.1 Å². The van der Waals surface area contributed by atoms with Gasteiger partial charge in [0.2, 0.25) is 0 Å². The fourth-order valence-electron chi connectivity index (χ4n) is 1.31. The SMILES string of the molecule is CCCCC=C[Si](Cl)(Cl)c1ccccc1. The summed E-state index contributed by atoms with van der Waals surface area (Å²) in [5.74, 6) is 0. The van der Waals surface area contributed by atoms with E-state index in [1.807, 2.05) is 36.0 Å². The minimum absolute atomic E-state index is 1.06. The number of benzene rings is 1. The summed E-state index contributed by atoms with van der Waals surface area (Å²) in [4.78, 5) is 0. The standard InChI is InChI=1S/C12H16Cl2Si/c1-2-3-4-8-11-15(13,14)12-9-6-5-7-10-12/h5-11H,2-4H2,1H3. The van der Waals surface area contributed by atoms with Crippen LogP contribution < -0.4 is 5.19 Å². The molecule has 0 radical (unpaired) electrons. The number of rotatable bonds is 5. The zero-order valence-electron chi connectivity index (χ0n) is 8.92. The summed E-state index contributed by atoms with van der Waals surface area (Å²) in [6, 6.07) is 9.92. The Balaban J connectivity index is 2.63. The molecular formula is C12H16Cl2Si. The Morgan fingerprint density at radius 2 is 1.87 bits per heavy atom. The van der Waals surface area contributed by atoms with Gasteiger partial charge in [-0.05, 0) is 11.6 Å². The van der Waals surface area contributed by atoms with E-state index in [1.165, 1.54) is 12.8 Å². The molecule has 0 unspecified atom stereocenters. The monoisotopic (exact) mass is 258 g/mol. The summed E-state index contributed by atoms with van der Waals surface area (Å²) in [5.41, 5.74) is 2.00. The van der Waals surface area contributed by atoms with Crippen LogP contribution in [-0.4, -0.2) is 6.69 Å². The van der Waals surface area contributed by atoms with Crippen LogP contribution in [0, 0.1) is 0 Å². The summed E-state index contributed by atoms with van der Waals surface area (Å²) in [5, 5.41) is 1.06. The molecule has 82 valence electrons. The second-order valence-corrected chi connectivity index (χ2v) is 9.85. The van der Waals surface area contributed by atoms with E-state index < -0.39 is 6.69 Å². The van der Waals surface area contributed by atoms with E-state index in [-0.39, 0.29) is 0 Å². The van der Waals surface area contributed by atoms with Gasteiger partial charge in [0.05, 0.1) is 0 Å². The fourth-order valence-corrected chi connectivity index (χ4v) is 3.89. The first-order valence-electron chi connectivity index (χ1n) is 5.28. The zero-order valence-corrected chi connectivity index (χ0v) is 11.4. The van der Waals surface area contributed by atoms with Gasteiger partial charge in [-0.3, -0.25) is 0 Å². The van der Waals surface area contributed by atoms with Crippen LogP contribution in [0.2, 0.25) is 0 Å². The molecule has 15 heavy (non-hydrogen) atoms. The number of allylic oxidation sites excluding steroid dienone is 1. The third kappa shape index (κ3) is 4.41. The molecule has 0 fully saturated rings. The van der Waals surface area contributed by atoms with E-state index >= 15 is 0 Å². The van der Waals surface area contributed by atoms with E-state index in [0.29, 0.717) is 0 Å². The van der Waals surface area contributed by atoms with Crippen LogP contribution in [0.3, 0.4) is 0 Å². The first-order chi connectivity index (χ1) is 7.17. The number of halogens is 2. The second kappa shape index (κ2) is 6.36. The highest BCUT2D eigenvalue weighted by Crippen LogP contribution is 2.17. The minimum atomic E-state index is -2.37. The highest BCUT2D eigenvalue weighted by molar-refractivity contribution is 7.53. The molecule has 1 aromatic rings. The molecule has 0 aliphatic carbocycles. The second-order valence-electron chi connectivity index (χ2n) is 3.53. The van der Waals surface area contributed by atoms with E-state index in [9.17, 15) is 0 Å². The molecule has 0 aliphatic rings. The maximum absolute atomic E-state index is 6.36. The number of hydrogen-bond donors (Lipinski definition) is 0. The van der Waals surface area contributed by atoms with E-state index in [0.717, 1.165) is 11.6 Å². The number of unbranched alkanes of at least 4 members (excludes halogenated alkanes) is 2. The van der Waals surface area contributed by atoms with Gasteiger partial charge in [-0.2, -0.15) is 0 Å². The predicted octanol–water partition coefficient (Wildman–Crippen LogP) is 4.10. The summed E-state index contributed by atoms with van der Waals surface area (Å²) >= 11 is 12.7. The van der Waals surface area contributed by atoms with Crippen LogP contribution in [-0.2, 0) is 0 Å². The summed E-state index contributed by atoms with van der Waals surface area (Å²) < 4.78 is 0. The molecule has 1 aromatic carbocycles. The molecule has 0 aliphatic heterocycles. The Bertz CT molecular complexity index is 307. The Hall–Kier alpha value is -0.243. The number of hydrogen-bond acceptors (Lipinski definition) is 0. The highest BCUT2D eigenvalue weighted by Gasteiger charge is 2.26. The van der Waals surface area contributed by atoms with Crippen molar-refractivity contribution in [2.75, 3.05) is 0 Å². The van der Waals surface area contributed by atoms with Crippen LogP contribution >= 0.6 is 22.2 Å². The molecule has 0 nitrogen and oxygen atoms in total. The van der Waals surface area contributed by atoms with Crippen molar-refractivity contribution in [2.24, 2.45) is 0 Å². The van der Waals surface area contributed by atoms with Gasteiger partial charge >= 0.3 is 6.69 Å². The molecule has 0 saturated heterocycles. The van der Waals surface area contributed by atoms with Gasteiger partial charge in [0.25, 0.3) is 0 Å². The molecule has 3 heteroatoms. The van der Waals surface area contributed by atoms with Gasteiger partial charge in [-0.15, -0.1) is 22.2 Å². The minimum Gasteiger partial charge on any atom is -0.134 e. The van der Waals surface area contributed by atoms with Gasteiger partial charge in [-0.25, -0.2) is 0 Å². The molecule has 0 atom stereocenters. The van der Waals surface area contributed by atoms with E-state index in [1.54, 1.807) is 0 Å². The maximum atomic E-state index is 6.36. The lowest BCUT2D eigenvalue weighted by atomic mass is 10.2. The smallest absolute Gasteiger partial charge is 0.134 e. The lowest BCUT2D eigenvalue weighted by Crippen LogP contribution is -2.34. The third-order valence-corrected chi connectivity index (χ3v) is 6.03. The zero-order chi connectivity index (χ0) is 11.1. The van der Waals surface area contributed by atoms with Gasteiger partial charge in [0, 0.05) is 0 Å². The summed E-state index contributed by atoms with van der Waals surface area (Å²) in [6.07, 6.45) is 5.58. The lowest BCUT2D eigenvalue weighted by Gasteiger charge is -2.11. The summed E-state index contributed by atoms with van der Waals surface area (Å²) in [7, 11) is 0. The molecule has 0 aromatic heterocycles. The summed E-state index contributed by atoms with van der Waals surface area (Å²) in [6.45, 7) is -0.188. The van der Waals surface area contributed by atoms with Gasteiger partial charge in [-0.1, -0.05) is 61.9 Å². The van der Waals surface area contributed by atoms with Crippen molar-refractivity contribution < 1.29 is 0 Å². The molecule has 0 amide bonds. The largest absolute Gasteiger partial charge is 0.303 e. The predicted molar refractivity (Wildman–Crippen MR) is 72.2 cm³/mol. The average Bonchev–Trinajstić information content (AvgIpc) is 2.26. The van der Waals surface area contributed by atoms with Crippen molar-refractivity contribution in [3.63, 3.8) is 0 Å². The molecule has 0 bridgehead atoms. The lowest BCUT2D eigenvalue weighted by molar-refractivity contribution is 0.815. The quantitative estimate of drug-likeness (QED) is 0.424. The average molecular weight is 259 g/mol. The van der Waals surface area contributed by atoms with Crippen molar-refractivity contribution in [2.45, 2.75) is 26.2 Å². The Kier molecular flexibility index (Phi) is 5.44. The highest BCUT2D eigenvalue weighted by atomic mass is 35.7. The van der Waals surface area contributed by atoms with Crippen molar-refractivity contribution in [1.82, 2.24) is 0 Å². The van der Waals surface area contributed by atoms with Gasteiger partial charge in [0.1, 0.15) is 0 Å². The topological polar surface area (TPSA) is 0 Å². The van der Waals surface area contributed by atoms with Crippen LogP contribution in [0.25, 0.3) is 0 Å². The third-order valence-electron chi connectivity index (χ3n) is 2.21. The molecule has 0 N–H and O–H groups in total. The van der Waals surface area contributed by atoms with E-state index in [2.05, 4.69) is 13.0 Å². The first-order valence-corrected chi connectivity index (χ1v) is 9.38. The van der Waals surface area contributed by atoms with Crippen molar-refractivity contribution in [3.05, 3.63) is 42.1 Å². The molecule has 0 saturated carbocycles. The Labute approximate surface area is 102 Å². The van der Waals surface area contributed by atoms with Crippen molar-refractivity contribution in [3.8, 4) is 0 Å². The molecule has 0 heterocycles. The van der Waals surface area contributed by atoms with Crippen LogP contribution in [0.4, 0.5) is 0 Å². The van der Waals surface area contributed by atoms with Gasteiger partial charge in [0.15, 0.2) is 0 Å². The fraction of sp³-hybridized carbons (Fsp3) is 0.333. The van der Waals surface area contributed by atoms with Gasteiger partial charge < -0.3 is 0 Å². The van der Waals surface area contributed by atoms with Crippen molar-refractivity contribution in [1.29, 1.82) is 0 Å². The molecule has 1 rings (SSSR count). The van der Waals surface area contributed by atoms with Crippen LogP contribution in [0.1, 0.15) is 26.2 Å². The van der Waals surface area contributed by atoms with E-state index in [4.69, 9.17) is 22.2 Å². The Morgan fingerprint density at radius 1 is 1.20 bits per heavy atom. The normalized spacial score (nSPS) is 12.2. The molecule has 0 spiro atoms. The van der Waals surface area contributed by atoms with Crippen LogP contribution in [0.5, 0.6) is 0 Å². The maximum Gasteiger partial charge on any atom is 0.303 e. The first kappa shape index (κ1) is 12.8. The molecular weight excluding hydrogens is 243 g/mol. The van der Waals surface area contributed by atoms with Crippen molar-refractivity contribution >= 4 is 34.0 Å². The Morgan fingerprint density at radius 3 is 2.47 bits per heavy atom.